The lowest BCUT2D eigenvalue weighted by atomic mass is 10.3. The lowest BCUT2D eigenvalue weighted by Crippen LogP contribution is -1.90. The maximum absolute atomic E-state index is 5.59. The molecule has 0 unspecified atom stereocenters. The summed E-state index contributed by atoms with van der Waals surface area (Å²) >= 11 is 0. The van der Waals surface area contributed by atoms with E-state index in [2.05, 4.69) is 6.58 Å². The van der Waals surface area contributed by atoms with E-state index in [-0.39, 0.29) is 0 Å². The fourth-order valence-corrected chi connectivity index (χ4v) is 0.977. The predicted octanol–water partition coefficient (Wildman–Crippen LogP) is 3.71. The molecular formula is C13H14O. The van der Waals surface area contributed by atoms with E-state index in [0.29, 0.717) is 0 Å². The standard InChI is InChI=1S/C13H14O/c1-3-5-9-12(4-2)14-13-10-7-6-8-11-13/h3-11H,1H2,2H3/b9-5-,12-4+. The highest BCUT2D eigenvalue weighted by Crippen LogP contribution is 2.13. The van der Waals surface area contributed by atoms with Crippen LogP contribution in [0, 0.1) is 0 Å². The van der Waals surface area contributed by atoms with Gasteiger partial charge in [-0.3, -0.25) is 0 Å². The van der Waals surface area contributed by atoms with Gasteiger partial charge < -0.3 is 4.74 Å². The molecule has 0 spiro atoms. The zero-order valence-electron chi connectivity index (χ0n) is 8.31. The summed E-state index contributed by atoms with van der Waals surface area (Å²) in [5, 5.41) is 0. The van der Waals surface area contributed by atoms with E-state index < -0.39 is 0 Å². The second kappa shape index (κ2) is 5.81. The molecule has 1 nitrogen and oxygen atoms in total. The molecule has 0 saturated carbocycles. The number of benzene rings is 1. The van der Waals surface area contributed by atoms with Crippen molar-refractivity contribution in [1.29, 1.82) is 0 Å². The van der Waals surface area contributed by atoms with Crippen LogP contribution in [-0.4, -0.2) is 0 Å². The molecule has 0 N–H and O–H groups in total. The van der Waals surface area contributed by atoms with Crippen LogP contribution in [0.15, 0.2) is 67.0 Å². The van der Waals surface area contributed by atoms with Crippen LogP contribution in [-0.2, 0) is 0 Å². The third kappa shape index (κ3) is 3.31. The van der Waals surface area contributed by atoms with Crippen molar-refractivity contribution in [3.05, 3.63) is 67.0 Å². The molecule has 14 heavy (non-hydrogen) atoms. The summed E-state index contributed by atoms with van der Waals surface area (Å²) in [6.07, 6.45) is 7.35. The van der Waals surface area contributed by atoms with E-state index >= 15 is 0 Å². The van der Waals surface area contributed by atoms with Crippen LogP contribution in [0.2, 0.25) is 0 Å². The van der Waals surface area contributed by atoms with Crippen LogP contribution in [0.4, 0.5) is 0 Å². The van der Waals surface area contributed by atoms with E-state index in [4.69, 9.17) is 4.74 Å². The number of allylic oxidation sites excluding steroid dienone is 4. The van der Waals surface area contributed by atoms with Gasteiger partial charge in [-0.1, -0.05) is 36.9 Å². The van der Waals surface area contributed by atoms with Gasteiger partial charge >= 0.3 is 0 Å². The first-order chi connectivity index (χ1) is 6.86. The van der Waals surface area contributed by atoms with Crippen molar-refractivity contribution in [2.45, 2.75) is 6.92 Å². The number of hydrogen-bond donors (Lipinski definition) is 0. The Hall–Kier alpha value is -1.76. The van der Waals surface area contributed by atoms with E-state index in [0.717, 1.165) is 11.5 Å². The smallest absolute Gasteiger partial charge is 0.127 e. The summed E-state index contributed by atoms with van der Waals surface area (Å²) in [6, 6.07) is 9.69. The van der Waals surface area contributed by atoms with Crippen molar-refractivity contribution in [2.24, 2.45) is 0 Å². The third-order valence-corrected chi connectivity index (χ3v) is 1.66. The first kappa shape index (κ1) is 10.3. The Morgan fingerprint density at radius 2 is 2.00 bits per heavy atom. The summed E-state index contributed by atoms with van der Waals surface area (Å²) in [6.45, 7) is 5.54. The van der Waals surface area contributed by atoms with Gasteiger partial charge in [0.05, 0.1) is 0 Å². The molecule has 0 atom stereocenters. The summed E-state index contributed by atoms with van der Waals surface area (Å²) in [7, 11) is 0. The monoisotopic (exact) mass is 186 g/mol. The Kier molecular flexibility index (Phi) is 4.29. The second-order valence-electron chi connectivity index (χ2n) is 2.70. The fourth-order valence-electron chi connectivity index (χ4n) is 0.977. The van der Waals surface area contributed by atoms with Gasteiger partial charge in [0.1, 0.15) is 11.5 Å². The van der Waals surface area contributed by atoms with Crippen LogP contribution < -0.4 is 4.74 Å². The molecule has 72 valence electrons. The van der Waals surface area contributed by atoms with Crippen molar-refractivity contribution in [3.63, 3.8) is 0 Å². The van der Waals surface area contributed by atoms with Gasteiger partial charge in [0, 0.05) is 0 Å². The van der Waals surface area contributed by atoms with Crippen LogP contribution in [0.25, 0.3) is 0 Å². The largest absolute Gasteiger partial charge is 0.458 e. The van der Waals surface area contributed by atoms with Crippen molar-refractivity contribution in [1.82, 2.24) is 0 Å². The Morgan fingerprint density at radius 3 is 2.57 bits per heavy atom. The quantitative estimate of drug-likeness (QED) is 0.514. The van der Waals surface area contributed by atoms with Gasteiger partial charge in [0.15, 0.2) is 0 Å². The Morgan fingerprint density at radius 1 is 1.29 bits per heavy atom. The van der Waals surface area contributed by atoms with Crippen molar-refractivity contribution in [3.8, 4) is 5.75 Å². The molecule has 0 fully saturated rings. The Bertz CT molecular complexity index is 334. The van der Waals surface area contributed by atoms with Crippen LogP contribution >= 0.6 is 0 Å². The maximum atomic E-state index is 5.59. The summed E-state index contributed by atoms with van der Waals surface area (Å²) in [5.74, 6) is 1.66. The lowest BCUT2D eigenvalue weighted by molar-refractivity contribution is 0.443. The van der Waals surface area contributed by atoms with Crippen molar-refractivity contribution in [2.75, 3.05) is 0 Å². The zero-order chi connectivity index (χ0) is 10.2. The van der Waals surface area contributed by atoms with Crippen molar-refractivity contribution >= 4 is 0 Å². The normalized spacial score (nSPS) is 11.6. The molecule has 1 heteroatoms. The minimum atomic E-state index is 0.816. The lowest BCUT2D eigenvalue weighted by Gasteiger charge is -2.04. The molecular weight excluding hydrogens is 172 g/mol. The van der Waals surface area contributed by atoms with E-state index in [1.54, 1.807) is 6.08 Å². The van der Waals surface area contributed by atoms with Crippen LogP contribution in [0.3, 0.4) is 0 Å². The van der Waals surface area contributed by atoms with Crippen LogP contribution in [0.1, 0.15) is 6.92 Å². The van der Waals surface area contributed by atoms with Gasteiger partial charge in [-0.2, -0.15) is 0 Å². The highest BCUT2D eigenvalue weighted by molar-refractivity contribution is 5.26. The highest BCUT2D eigenvalue weighted by Gasteiger charge is 1.93. The van der Waals surface area contributed by atoms with Crippen LogP contribution in [0.5, 0.6) is 5.75 Å². The van der Waals surface area contributed by atoms with E-state index in [1.165, 1.54) is 0 Å². The summed E-state index contributed by atoms with van der Waals surface area (Å²) < 4.78 is 5.59. The summed E-state index contributed by atoms with van der Waals surface area (Å²) in [4.78, 5) is 0. The van der Waals surface area contributed by atoms with Gasteiger partial charge in [-0.25, -0.2) is 0 Å². The highest BCUT2D eigenvalue weighted by atomic mass is 16.5. The molecule has 0 aliphatic carbocycles. The van der Waals surface area contributed by atoms with Gasteiger partial charge in [-0.15, -0.1) is 0 Å². The number of para-hydroxylation sites is 1. The molecule has 0 heterocycles. The molecule has 1 aromatic rings. The Labute approximate surface area is 85.0 Å². The molecule has 0 bridgehead atoms. The predicted molar refractivity (Wildman–Crippen MR) is 60.2 cm³/mol. The molecule has 1 aromatic carbocycles. The molecule has 0 aliphatic rings. The first-order valence-corrected chi connectivity index (χ1v) is 4.55. The number of ether oxygens (including phenoxy) is 1. The molecule has 0 amide bonds. The molecule has 1 rings (SSSR count). The van der Waals surface area contributed by atoms with Gasteiger partial charge in [-0.05, 0) is 31.2 Å². The fraction of sp³-hybridized carbons (Fsp3) is 0.0769. The van der Waals surface area contributed by atoms with E-state index in [9.17, 15) is 0 Å². The number of rotatable bonds is 4. The molecule has 0 aliphatic heterocycles. The summed E-state index contributed by atoms with van der Waals surface area (Å²) in [5.41, 5.74) is 0. The van der Waals surface area contributed by atoms with Crippen molar-refractivity contribution < 1.29 is 4.74 Å². The zero-order valence-corrected chi connectivity index (χ0v) is 8.31. The van der Waals surface area contributed by atoms with E-state index in [1.807, 2.05) is 55.5 Å². The first-order valence-electron chi connectivity index (χ1n) is 4.55. The molecule has 0 radical (unpaired) electrons. The minimum Gasteiger partial charge on any atom is -0.458 e. The SMILES string of the molecule is C=C/C=C\C(=C/C)Oc1ccccc1. The molecule has 0 aromatic heterocycles. The number of hydrogen-bond acceptors (Lipinski definition) is 1. The van der Waals surface area contributed by atoms with Gasteiger partial charge in [0.25, 0.3) is 0 Å². The minimum absolute atomic E-state index is 0.816. The average Bonchev–Trinajstić information content (AvgIpc) is 2.25. The maximum Gasteiger partial charge on any atom is 0.127 e. The average molecular weight is 186 g/mol. The Balaban J connectivity index is 2.67. The topological polar surface area (TPSA) is 9.23 Å². The molecule has 0 saturated heterocycles. The third-order valence-electron chi connectivity index (χ3n) is 1.66. The second-order valence-corrected chi connectivity index (χ2v) is 2.70. The van der Waals surface area contributed by atoms with Gasteiger partial charge in [0.2, 0.25) is 0 Å².